The van der Waals surface area contributed by atoms with Crippen LogP contribution in [-0.4, -0.2) is 27.8 Å². The van der Waals surface area contributed by atoms with Crippen molar-refractivity contribution in [3.05, 3.63) is 53.6 Å². The quantitative estimate of drug-likeness (QED) is 0.658. The van der Waals surface area contributed by atoms with Gasteiger partial charge in [0.2, 0.25) is 0 Å². The molecule has 24 heavy (non-hydrogen) atoms. The summed E-state index contributed by atoms with van der Waals surface area (Å²) in [4.78, 5) is 11.2. The number of esters is 1. The molecule has 0 spiro atoms. The second kappa shape index (κ2) is 7.62. The first-order valence-electron chi connectivity index (χ1n) is 7.88. The normalized spacial score (nSPS) is 11.3. The maximum atomic E-state index is 11.1. The largest absolute Gasteiger partial charge is 0.465 e. The molecule has 0 fully saturated rings. The van der Waals surface area contributed by atoms with Gasteiger partial charge in [-0.05, 0) is 47.7 Å². The number of hydrogen-bond acceptors (Lipinski definition) is 4. The first-order chi connectivity index (χ1) is 11.4. The third kappa shape index (κ3) is 4.23. The number of hydrogen-bond donors (Lipinski definition) is 0. The van der Waals surface area contributed by atoms with Crippen molar-refractivity contribution >= 4 is 15.8 Å². The topological polar surface area (TPSA) is 60.4 Å². The number of fused-ring (bicyclic) bond motifs is 1. The third-order valence-electron chi connectivity index (χ3n) is 3.90. The van der Waals surface area contributed by atoms with E-state index in [0.717, 1.165) is 6.26 Å². The van der Waals surface area contributed by atoms with Crippen LogP contribution in [0.25, 0.3) is 11.1 Å². The molecule has 2 aliphatic rings. The molecule has 0 radical (unpaired) electrons. The average molecular weight is 346 g/mol. The van der Waals surface area contributed by atoms with Gasteiger partial charge < -0.3 is 4.74 Å². The lowest BCUT2D eigenvalue weighted by Gasteiger charge is -2.20. The summed E-state index contributed by atoms with van der Waals surface area (Å²) in [5.74, 6) is -0.546. The van der Waals surface area contributed by atoms with Gasteiger partial charge in [-0.3, -0.25) is 0 Å². The van der Waals surface area contributed by atoms with E-state index in [9.17, 15) is 13.2 Å². The van der Waals surface area contributed by atoms with Crippen LogP contribution in [0.15, 0.2) is 47.4 Å². The third-order valence-corrected chi connectivity index (χ3v) is 5.01. The highest BCUT2D eigenvalue weighted by atomic mass is 32.2. The Bertz CT molecular complexity index is 838. The monoisotopic (exact) mass is 346 g/mol. The fourth-order valence-corrected chi connectivity index (χ4v) is 3.08. The summed E-state index contributed by atoms with van der Waals surface area (Å²) in [5, 5.41) is 0. The van der Waals surface area contributed by atoms with Crippen molar-refractivity contribution in [2.24, 2.45) is 0 Å². The van der Waals surface area contributed by atoms with E-state index in [1.807, 2.05) is 0 Å². The van der Waals surface area contributed by atoms with E-state index in [-0.39, 0.29) is 10.5 Å². The number of methoxy groups -OCH3 is 1. The summed E-state index contributed by atoms with van der Waals surface area (Å²) in [6.07, 6.45) is 5.03. The summed E-state index contributed by atoms with van der Waals surface area (Å²) < 4.78 is 26.8. The lowest BCUT2D eigenvalue weighted by Crippen LogP contribution is -2.04. The van der Waals surface area contributed by atoms with E-state index in [2.05, 4.69) is 29.9 Å². The first-order valence-corrected chi connectivity index (χ1v) is 9.77. The number of unbranched alkanes of at least 4 members (excludes halogenated alkanes) is 1. The van der Waals surface area contributed by atoms with Gasteiger partial charge in [0.1, 0.15) is 0 Å². The molecule has 3 rings (SSSR count). The van der Waals surface area contributed by atoms with Crippen LogP contribution in [0.4, 0.5) is 0 Å². The lowest BCUT2D eigenvalue weighted by molar-refractivity contribution is 0.0600. The van der Waals surface area contributed by atoms with Crippen LogP contribution < -0.4 is 0 Å². The van der Waals surface area contributed by atoms with Crippen LogP contribution in [0.3, 0.4) is 0 Å². The molecule has 128 valence electrons. The van der Waals surface area contributed by atoms with Gasteiger partial charge in [0.25, 0.3) is 0 Å². The lowest BCUT2D eigenvalue weighted by atomic mass is 9.84. The summed E-state index contributed by atoms with van der Waals surface area (Å²) in [5.41, 5.74) is 4.83. The minimum Gasteiger partial charge on any atom is -0.465 e. The van der Waals surface area contributed by atoms with Crippen molar-refractivity contribution in [3.63, 3.8) is 0 Å². The van der Waals surface area contributed by atoms with Crippen molar-refractivity contribution in [2.75, 3.05) is 13.4 Å². The molecule has 1 aromatic carbocycles. The molecule has 0 N–H and O–H groups in total. The molecule has 0 saturated heterocycles. The smallest absolute Gasteiger partial charge is 0.337 e. The van der Waals surface area contributed by atoms with Crippen molar-refractivity contribution in [1.82, 2.24) is 0 Å². The number of carbonyl (C=O) groups excluding carboxylic acids is 1. The highest BCUT2D eigenvalue weighted by Crippen LogP contribution is 2.37. The molecule has 0 aromatic heterocycles. The van der Waals surface area contributed by atoms with Gasteiger partial charge in [0.15, 0.2) is 9.84 Å². The molecule has 2 aliphatic carbocycles. The van der Waals surface area contributed by atoms with Crippen LogP contribution >= 0.6 is 0 Å². The van der Waals surface area contributed by atoms with Crippen molar-refractivity contribution in [3.8, 4) is 11.1 Å². The number of ether oxygens (including phenoxy) is 1. The Morgan fingerprint density at radius 1 is 1.12 bits per heavy atom. The zero-order chi connectivity index (χ0) is 17.7. The number of rotatable bonds is 5. The Labute approximate surface area is 143 Å². The summed E-state index contributed by atoms with van der Waals surface area (Å²) in [6, 6.07) is 12.4. The van der Waals surface area contributed by atoms with E-state index < -0.39 is 15.8 Å². The maximum Gasteiger partial charge on any atom is 0.337 e. The average Bonchev–Trinajstić information content (AvgIpc) is 2.55. The predicted molar refractivity (Wildman–Crippen MR) is 94.9 cm³/mol. The molecule has 1 aromatic rings. The minimum atomic E-state index is -3.27. The fourth-order valence-electron chi connectivity index (χ4n) is 2.41. The highest BCUT2D eigenvalue weighted by molar-refractivity contribution is 7.90. The number of sulfone groups is 1. The van der Waals surface area contributed by atoms with Gasteiger partial charge in [-0.15, -0.1) is 0 Å². The standard InChI is InChI=1S/C10H12.C9H10O4S/c1-2-3-4-8-7-9-5-6-10(8)9;1-13-9(10)7-4-3-5-8(6-7)14(2,11)12/h5-7H,2-4H2,1H3;3-6H,1-2H3. The molecule has 0 atom stereocenters. The second-order valence-corrected chi connectivity index (χ2v) is 7.78. The van der Waals surface area contributed by atoms with Crippen LogP contribution in [0.2, 0.25) is 0 Å². The van der Waals surface area contributed by atoms with Crippen LogP contribution in [0.5, 0.6) is 0 Å². The number of aryl methyl sites for hydroxylation is 1. The van der Waals surface area contributed by atoms with Gasteiger partial charge in [0.05, 0.1) is 17.6 Å². The molecule has 0 aliphatic heterocycles. The highest BCUT2D eigenvalue weighted by Gasteiger charge is 2.14. The summed E-state index contributed by atoms with van der Waals surface area (Å²) in [6.45, 7) is 2.24. The first kappa shape index (κ1) is 18.2. The minimum absolute atomic E-state index is 0.111. The SMILES string of the molecule is CCCCc1cc2ccc1-2.COC(=O)c1cccc(S(C)(=O)=O)c1. The number of benzene rings is 2. The van der Waals surface area contributed by atoms with Gasteiger partial charge in [-0.2, -0.15) is 0 Å². The van der Waals surface area contributed by atoms with Gasteiger partial charge >= 0.3 is 5.97 Å². The molecule has 4 nitrogen and oxygen atoms in total. The molecule has 0 saturated carbocycles. The zero-order valence-electron chi connectivity index (χ0n) is 14.2. The summed E-state index contributed by atoms with van der Waals surface area (Å²) >= 11 is 0. The zero-order valence-corrected chi connectivity index (χ0v) is 15.0. The fraction of sp³-hybridized carbons (Fsp3) is 0.316. The molecular weight excluding hydrogens is 324 g/mol. The van der Waals surface area contributed by atoms with E-state index in [1.54, 1.807) is 5.56 Å². The van der Waals surface area contributed by atoms with Crippen LogP contribution in [0, 0.1) is 0 Å². The molecular formula is C19H22O4S. The Kier molecular flexibility index (Phi) is 5.78. The Hall–Kier alpha value is -2.14. The second-order valence-electron chi connectivity index (χ2n) is 5.77. The molecule has 0 amide bonds. The van der Waals surface area contributed by atoms with Gasteiger partial charge in [0, 0.05) is 6.26 Å². The Balaban J connectivity index is 0.000000182. The molecule has 0 unspecified atom stereocenters. The molecule has 5 heteroatoms. The molecule has 0 bridgehead atoms. The van der Waals surface area contributed by atoms with Crippen LogP contribution in [-0.2, 0) is 21.0 Å². The molecule has 0 heterocycles. The van der Waals surface area contributed by atoms with Crippen LogP contribution in [0.1, 0.15) is 35.7 Å². The summed E-state index contributed by atoms with van der Waals surface area (Å²) in [7, 11) is -2.03. The van der Waals surface area contributed by atoms with E-state index in [4.69, 9.17) is 0 Å². The van der Waals surface area contributed by atoms with E-state index in [1.165, 1.54) is 61.8 Å². The van der Waals surface area contributed by atoms with Gasteiger partial charge in [-0.1, -0.05) is 37.6 Å². The number of carbonyl (C=O) groups is 1. The van der Waals surface area contributed by atoms with Crippen molar-refractivity contribution in [2.45, 2.75) is 31.1 Å². The van der Waals surface area contributed by atoms with Crippen molar-refractivity contribution < 1.29 is 17.9 Å². The van der Waals surface area contributed by atoms with E-state index in [0.29, 0.717) is 0 Å². The Morgan fingerprint density at radius 2 is 1.88 bits per heavy atom. The maximum absolute atomic E-state index is 11.1. The van der Waals surface area contributed by atoms with Gasteiger partial charge in [-0.25, -0.2) is 13.2 Å². The predicted octanol–water partition coefficient (Wildman–Crippen LogP) is 3.89. The van der Waals surface area contributed by atoms with E-state index >= 15 is 0 Å². The Morgan fingerprint density at radius 3 is 2.33 bits per heavy atom. The van der Waals surface area contributed by atoms with Crippen molar-refractivity contribution in [1.29, 1.82) is 0 Å².